The van der Waals surface area contributed by atoms with E-state index in [0.717, 1.165) is 16.3 Å². The summed E-state index contributed by atoms with van der Waals surface area (Å²) >= 11 is 0. The minimum absolute atomic E-state index is 0.296. The number of hydrogen-bond acceptors (Lipinski definition) is 1. The molecule has 0 saturated heterocycles. The fourth-order valence-corrected chi connectivity index (χ4v) is 3.45. The molecule has 0 aliphatic heterocycles. The van der Waals surface area contributed by atoms with E-state index in [0.29, 0.717) is 24.6 Å². The zero-order chi connectivity index (χ0) is 21.3. The van der Waals surface area contributed by atoms with Crippen molar-refractivity contribution in [2.75, 3.05) is 11.4 Å². The molecule has 0 N–H and O–H groups in total. The van der Waals surface area contributed by atoms with Crippen LogP contribution in [-0.4, -0.2) is 6.54 Å². The number of aryl methyl sites for hydroxylation is 1. The van der Waals surface area contributed by atoms with Crippen LogP contribution in [0.2, 0.25) is 0 Å². The quantitative estimate of drug-likeness (QED) is 0.244. The maximum atomic E-state index is 14.3. The maximum Gasteiger partial charge on any atom is 0.200 e. The van der Waals surface area contributed by atoms with Gasteiger partial charge in [-0.05, 0) is 36.3 Å². The van der Waals surface area contributed by atoms with E-state index < -0.39 is 41.2 Å². The first-order valence-corrected chi connectivity index (χ1v) is 9.46. The van der Waals surface area contributed by atoms with Gasteiger partial charge in [0.1, 0.15) is 0 Å². The smallest absolute Gasteiger partial charge is 0.200 e. The summed E-state index contributed by atoms with van der Waals surface area (Å²) in [6, 6.07) is 11.3. The molecular weight excluding hydrogens is 385 g/mol. The van der Waals surface area contributed by atoms with Crippen molar-refractivity contribution < 1.29 is 22.0 Å². The van der Waals surface area contributed by atoms with Crippen molar-refractivity contribution in [3.8, 4) is 0 Å². The minimum atomic E-state index is -2.14. The van der Waals surface area contributed by atoms with Gasteiger partial charge in [0, 0.05) is 29.7 Å². The molecule has 3 aromatic rings. The van der Waals surface area contributed by atoms with Crippen LogP contribution in [0, 0.1) is 41.9 Å². The monoisotopic (exact) mass is 407 g/mol. The number of nitrogens with zero attached hydrogens (tertiary/aromatic N) is 1. The highest BCUT2D eigenvalue weighted by Crippen LogP contribution is 2.33. The van der Waals surface area contributed by atoms with Gasteiger partial charge in [0.15, 0.2) is 23.3 Å². The van der Waals surface area contributed by atoms with Gasteiger partial charge in [0.25, 0.3) is 0 Å². The Kier molecular flexibility index (Phi) is 6.10. The molecule has 154 valence electrons. The van der Waals surface area contributed by atoms with Crippen molar-refractivity contribution in [3.05, 3.63) is 76.6 Å². The van der Waals surface area contributed by atoms with Crippen molar-refractivity contribution >= 4 is 16.5 Å². The van der Waals surface area contributed by atoms with Gasteiger partial charge in [-0.15, -0.1) is 0 Å². The van der Waals surface area contributed by atoms with Crippen LogP contribution >= 0.6 is 0 Å². The summed E-state index contributed by atoms with van der Waals surface area (Å²) in [5.41, 5.74) is 0.839. The van der Waals surface area contributed by atoms with Crippen molar-refractivity contribution in [2.45, 2.75) is 33.7 Å². The Bertz CT molecular complexity index is 1010. The third-order valence-electron chi connectivity index (χ3n) is 5.06. The molecule has 0 heterocycles. The molecule has 0 amide bonds. The van der Waals surface area contributed by atoms with Crippen LogP contribution in [0.3, 0.4) is 0 Å². The summed E-state index contributed by atoms with van der Waals surface area (Å²) in [5.74, 6) is -9.25. The molecule has 0 aromatic heterocycles. The highest BCUT2D eigenvalue weighted by Gasteiger charge is 2.27. The van der Waals surface area contributed by atoms with Crippen LogP contribution < -0.4 is 4.90 Å². The van der Waals surface area contributed by atoms with Crippen LogP contribution in [0.4, 0.5) is 27.6 Å². The molecule has 0 bridgehead atoms. The number of fused-ring (bicyclic) bond motifs is 1. The molecule has 1 nitrogen and oxygen atoms in total. The first-order valence-electron chi connectivity index (χ1n) is 9.46. The zero-order valence-corrected chi connectivity index (χ0v) is 16.5. The molecular formula is C23H22F5N. The normalized spacial score (nSPS) is 11.5. The minimum Gasteiger partial charge on any atom is -0.366 e. The Morgan fingerprint density at radius 2 is 1.34 bits per heavy atom. The van der Waals surface area contributed by atoms with Crippen LogP contribution in [-0.2, 0) is 6.54 Å². The highest BCUT2D eigenvalue weighted by molar-refractivity contribution is 5.96. The summed E-state index contributed by atoms with van der Waals surface area (Å²) < 4.78 is 69.5. The van der Waals surface area contributed by atoms with Crippen LogP contribution in [0.15, 0.2) is 36.4 Å². The highest BCUT2D eigenvalue weighted by atomic mass is 19.2. The van der Waals surface area contributed by atoms with Crippen molar-refractivity contribution in [2.24, 2.45) is 5.92 Å². The van der Waals surface area contributed by atoms with Gasteiger partial charge >= 0.3 is 0 Å². The number of hydrogen-bond donors (Lipinski definition) is 0. The average Bonchev–Trinajstić information content (AvgIpc) is 2.70. The molecule has 0 radical (unpaired) electrons. The third-order valence-corrected chi connectivity index (χ3v) is 5.06. The molecule has 29 heavy (non-hydrogen) atoms. The second kappa shape index (κ2) is 8.39. The standard InChI is InChI=1S/C23H22F5N/c1-13(2)10-11-29(12-16-19(24)21(26)23(28)22(27)20(16)25)17-9-5-8-15-7-4-6-14(3)18(15)17/h4-9,13H,10-12H2,1-3H3. The largest absolute Gasteiger partial charge is 0.366 e. The lowest BCUT2D eigenvalue weighted by molar-refractivity contribution is 0.369. The maximum absolute atomic E-state index is 14.3. The Hall–Kier alpha value is -2.63. The van der Waals surface area contributed by atoms with Crippen molar-refractivity contribution in [3.63, 3.8) is 0 Å². The molecule has 0 spiro atoms. The van der Waals surface area contributed by atoms with Gasteiger partial charge in [-0.3, -0.25) is 0 Å². The average molecular weight is 407 g/mol. The van der Waals surface area contributed by atoms with E-state index in [2.05, 4.69) is 0 Å². The van der Waals surface area contributed by atoms with E-state index in [-0.39, 0.29) is 0 Å². The van der Waals surface area contributed by atoms with Crippen molar-refractivity contribution in [1.29, 1.82) is 0 Å². The molecule has 0 fully saturated rings. The van der Waals surface area contributed by atoms with Gasteiger partial charge in [-0.2, -0.15) is 0 Å². The number of anilines is 1. The Morgan fingerprint density at radius 3 is 1.93 bits per heavy atom. The summed E-state index contributed by atoms with van der Waals surface area (Å²) in [6.07, 6.45) is 0.692. The molecule has 6 heteroatoms. The van der Waals surface area contributed by atoms with Gasteiger partial charge in [-0.1, -0.05) is 44.2 Å². The molecule has 0 unspecified atom stereocenters. The topological polar surface area (TPSA) is 3.24 Å². The molecule has 0 aliphatic rings. The predicted molar refractivity (Wildman–Crippen MR) is 105 cm³/mol. The Balaban J connectivity index is 2.14. The summed E-state index contributed by atoms with van der Waals surface area (Å²) in [5, 5.41) is 1.83. The van der Waals surface area contributed by atoms with E-state index >= 15 is 0 Å². The fourth-order valence-electron chi connectivity index (χ4n) is 3.45. The lowest BCUT2D eigenvalue weighted by atomic mass is 10.0. The SMILES string of the molecule is Cc1cccc2cccc(N(CCC(C)C)Cc3c(F)c(F)c(F)c(F)c3F)c12. The lowest BCUT2D eigenvalue weighted by Gasteiger charge is -2.28. The van der Waals surface area contributed by atoms with Crippen molar-refractivity contribution in [1.82, 2.24) is 0 Å². The molecule has 0 saturated carbocycles. The van der Waals surface area contributed by atoms with E-state index in [1.807, 2.05) is 57.2 Å². The fraction of sp³-hybridized carbons (Fsp3) is 0.304. The van der Waals surface area contributed by atoms with Gasteiger partial charge in [0.2, 0.25) is 5.82 Å². The van der Waals surface area contributed by atoms with E-state index in [4.69, 9.17) is 0 Å². The van der Waals surface area contributed by atoms with Crippen LogP contribution in [0.5, 0.6) is 0 Å². The lowest BCUT2D eigenvalue weighted by Crippen LogP contribution is -2.27. The number of halogens is 5. The molecule has 0 atom stereocenters. The first kappa shape index (κ1) is 21.1. The summed E-state index contributed by atoms with van der Waals surface area (Å²) in [6.45, 7) is 5.91. The van der Waals surface area contributed by atoms with Gasteiger partial charge in [-0.25, -0.2) is 22.0 Å². The van der Waals surface area contributed by atoms with Gasteiger partial charge < -0.3 is 4.90 Å². The molecule has 0 aliphatic carbocycles. The van der Waals surface area contributed by atoms with E-state index in [1.54, 1.807) is 4.90 Å². The molecule has 3 rings (SSSR count). The third kappa shape index (κ3) is 4.07. The number of benzene rings is 3. The molecule has 3 aromatic carbocycles. The number of rotatable bonds is 6. The predicted octanol–water partition coefficient (Wildman–Crippen LogP) is 6.90. The van der Waals surface area contributed by atoms with Crippen LogP contribution in [0.1, 0.15) is 31.4 Å². The second-order valence-corrected chi connectivity index (χ2v) is 7.60. The van der Waals surface area contributed by atoms with Gasteiger partial charge in [0.05, 0.1) is 0 Å². The van der Waals surface area contributed by atoms with E-state index in [1.165, 1.54) is 0 Å². The zero-order valence-electron chi connectivity index (χ0n) is 16.5. The first-order chi connectivity index (χ1) is 13.7. The Labute approximate surface area is 166 Å². The summed E-state index contributed by atoms with van der Waals surface area (Å²) in [7, 11) is 0. The van der Waals surface area contributed by atoms with E-state index in [9.17, 15) is 22.0 Å². The second-order valence-electron chi connectivity index (χ2n) is 7.60. The Morgan fingerprint density at radius 1 is 0.793 bits per heavy atom. The van der Waals surface area contributed by atoms with Crippen LogP contribution in [0.25, 0.3) is 10.8 Å². The summed E-state index contributed by atoms with van der Waals surface area (Å²) in [4.78, 5) is 1.69.